The summed E-state index contributed by atoms with van der Waals surface area (Å²) in [5.74, 6) is 1.95. The zero-order valence-electron chi connectivity index (χ0n) is 10.4. The van der Waals surface area contributed by atoms with Crippen LogP contribution >= 0.6 is 0 Å². The average molecular weight is 233 g/mol. The second-order valence-electron chi connectivity index (χ2n) is 4.17. The molecule has 0 fully saturated rings. The lowest BCUT2D eigenvalue weighted by molar-refractivity contribution is 0.456. The summed E-state index contributed by atoms with van der Waals surface area (Å²) in [5.41, 5.74) is 1.24. The molecule has 92 valence electrons. The third kappa shape index (κ3) is 3.20. The van der Waals surface area contributed by atoms with Crippen LogP contribution < -0.4 is 5.32 Å². The maximum absolute atomic E-state index is 5.72. The zero-order chi connectivity index (χ0) is 12.1. The predicted octanol–water partition coefficient (Wildman–Crippen LogP) is 2.33. The fourth-order valence-electron chi connectivity index (χ4n) is 1.79. The van der Waals surface area contributed by atoms with Crippen LogP contribution in [-0.2, 0) is 13.1 Å². The van der Waals surface area contributed by atoms with Gasteiger partial charge in [-0.2, -0.15) is 5.10 Å². The standard InChI is InChI=1S/C13H19N3O/c1-3-5-14-9-12-8-13(17-11(12)2)10-16-7-4-6-15-16/h4,6-8,14H,3,5,9-10H2,1-2H3. The highest BCUT2D eigenvalue weighted by atomic mass is 16.3. The second kappa shape index (κ2) is 5.68. The minimum atomic E-state index is 0.696. The molecule has 0 saturated carbocycles. The molecule has 1 N–H and O–H groups in total. The van der Waals surface area contributed by atoms with E-state index in [2.05, 4.69) is 23.4 Å². The van der Waals surface area contributed by atoms with E-state index in [9.17, 15) is 0 Å². The van der Waals surface area contributed by atoms with Crippen molar-refractivity contribution in [2.45, 2.75) is 33.4 Å². The van der Waals surface area contributed by atoms with Crippen molar-refractivity contribution in [2.75, 3.05) is 6.54 Å². The first kappa shape index (κ1) is 11.9. The molecule has 0 amide bonds. The Labute approximate surface area is 102 Å². The lowest BCUT2D eigenvalue weighted by Crippen LogP contribution is -2.13. The molecule has 0 aromatic carbocycles. The Hall–Kier alpha value is -1.55. The van der Waals surface area contributed by atoms with Gasteiger partial charge in [-0.05, 0) is 32.0 Å². The molecule has 0 aliphatic carbocycles. The van der Waals surface area contributed by atoms with Crippen LogP contribution in [0.25, 0.3) is 0 Å². The smallest absolute Gasteiger partial charge is 0.125 e. The van der Waals surface area contributed by atoms with Crippen LogP contribution in [0.4, 0.5) is 0 Å². The van der Waals surface area contributed by atoms with Gasteiger partial charge in [0.05, 0.1) is 6.54 Å². The lowest BCUT2D eigenvalue weighted by Gasteiger charge is -1.99. The summed E-state index contributed by atoms with van der Waals surface area (Å²) in [6.45, 7) is 6.79. The van der Waals surface area contributed by atoms with Gasteiger partial charge >= 0.3 is 0 Å². The first-order valence-electron chi connectivity index (χ1n) is 6.06. The molecule has 0 bridgehead atoms. The van der Waals surface area contributed by atoms with Crippen molar-refractivity contribution in [1.29, 1.82) is 0 Å². The molecule has 2 heterocycles. The van der Waals surface area contributed by atoms with Gasteiger partial charge in [0.15, 0.2) is 0 Å². The Morgan fingerprint density at radius 2 is 2.35 bits per heavy atom. The van der Waals surface area contributed by atoms with Crippen molar-refractivity contribution in [3.63, 3.8) is 0 Å². The van der Waals surface area contributed by atoms with Gasteiger partial charge < -0.3 is 9.73 Å². The van der Waals surface area contributed by atoms with E-state index in [-0.39, 0.29) is 0 Å². The van der Waals surface area contributed by atoms with Crippen LogP contribution in [-0.4, -0.2) is 16.3 Å². The molecule has 17 heavy (non-hydrogen) atoms. The fourth-order valence-corrected chi connectivity index (χ4v) is 1.79. The first-order valence-corrected chi connectivity index (χ1v) is 6.06. The average Bonchev–Trinajstić information content (AvgIpc) is 2.91. The maximum Gasteiger partial charge on any atom is 0.125 e. The topological polar surface area (TPSA) is 43.0 Å². The predicted molar refractivity (Wildman–Crippen MR) is 66.8 cm³/mol. The Bertz CT molecular complexity index is 445. The highest BCUT2D eigenvalue weighted by Crippen LogP contribution is 2.15. The van der Waals surface area contributed by atoms with Crippen molar-refractivity contribution in [3.05, 3.63) is 41.6 Å². The van der Waals surface area contributed by atoms with Crippen molar-refractivity contribution >= 4 is 0 Å². The van der Waals surface area contributed by atoms with Crippen LogP contribution in [0.3, 0.4) is 0 Å². The summed E-state index contributed by atoms with van der Waals surface area (Å²) in [6, 6.07) is 4.03. The molecule has 4 nitrogen and oxygen atoms in total. The molecule has 0 saturated heterocycles. The molecule has 0 aliphatic rings. The van der Waals surface area contributed by atoms with Crippen molar-refractivity contribution in [1.82, 2.24) is 15.1 Å². The molecule has 2 rings (SSSR count). The largest absolute Gasteiger partial charge is 0.464 e. The number of rotatable bonds is 6. The van der Waals surface area contributed by atoms with E-state index in [0.717, 1.165) is 31.0 Å². The van der Waals surface area contributed by atoms with Gasteiger partial charge in [-0.25, -0.2) is 0 Å². The van der Waals surface area contributed by atoms with Crippen LogP contribution in [0, 0.1) is 6.92 Å². The fraction of sp³-hybridized carbons (Fsp3) is 0.462. The van der Waals surface area contributed by atoms with Gasteiger partial charge in [0.25, 0.3) is 0 Å². The third-order valence-electron chi connectivity index (χ3n) is 2.69. The van der Waals surface area contributed by atoms with E-state index in [1.807, 2.05) is 23.9 Å². The van der Waals surface area contributed by atoms with E-state index >= 15 is 0 Å². The minimum Gasteiger partial charge on any atom is -0.464 e. The summed E-state index contributed by atoms with van der Waals surface area (Å²) in [7, 11) is 0. The molecule has 2 aromatic heterocycles. The number of aryl methyl sites for hydroxylation is 1. The lowest BCUT2D eigenvalue weighted by atomic mass is 10.2. The Balaban J connectivity index is 1.98. The first-order chi connectivity index (χ1) is 8.29. The van der Waals surface area contributed by atoms with Crippen LogP contribution in [0.15, 0.2) is 28.9 Å². The van der Waals surface area contributed by atoms with Gasteiger partial charge in [0.1, 0.15) is 11.5 Å². The van der Waals surface area contributed by atoms with E-state index < -0.39 is 0 Å². The summed E-state index contributed by atoms with van der Waals surface area (Å²) in [5, 5.41) is 7.55. The normalized spacial score (nSPS) is 10.9. The monoisotopic (exact) mass is 233 g/mol. The molecule has 0 spiro atoms. The number of hydrogen-bond donors (Lipinski definition) is 1. The quantitative estimate of drug-likeness (QED) is 0.779. The summed E-state index contributed by atoms with van der Waals surface area (Å²) in [6.07, 6.45) is 4.86. The van der Waals surface area contributed by atoms with E-state index in [4.69, 9.17) is 4.42 Å². The molecule has 0 radical (unpaired) electrons. The molecular weight excluding hydrogens is 214 g/mol. The maximum atomic E-state index is 5.72. The van der Waals surface area contributed by atoms with Crippen molar-refractivity contribution in [3.8, 4) is 0 Å². The number of nitrogens with one attached hydrogen (secondary N) is 1. The number of hydrogen-bond acceptors (Lipinski definition) is 3. The van der Waals surface area contributed by atoms with Crippen molar-refractivity contribution in [2.24, 2.45) is 0 Å². The van der Waals surface area contributed by atoms with Gasteiger partial charge in [-0.3, -0.25) is 4.68 Å². The zero-order valence-corrected chi connectivity index (χ0v) is 10.4. The summed E-state index contributed by atoms with van der Waals surface area (Å²) in [4.78, 5) is 0. The number of nitrogens with zero attached hydrogens (tertiary/aromatic N) is 2. The highest BCUT2D eigenvalue weighted by molar-refractivity contribution is 5.20. The number of aromatic nitrogens is 2. The SMILES string of the molecule is CCCNCc1cc(Cn2cccn2)oc1C. The third-order valence-corrected chi connectivity index (χ3v) is 2.69. The van der Waals surface area contributed by atoms with E-state index in [0.29, 0.717) is 6.54 Å². The second-order valence-corrected chi connectivity index (χ2v) is 4.17. The highest BCUT2D eigenvalue weighted by Gasteiger charge is 2.07. The van der Waals surface area contributed by atoms with E-state index in [1.54, 1.807) is 6.20 Å². The van der Waals surface area contributed by atoms with Crippen LogP contribution in [0.1, 0.15) is 30.4 Å². The van der Waals surface area contributed by atoms with E-state index in [1.165, 1.54) is 5.56 Å². The van der Waals surface area contributed by atoms with Crippen LogP contribution in [0.2, 0.25) is 0 Å². The summed E-state index contributed by atoms with van der Waals surface area (Å²) < 4.78 is 7.58. The van der Waals surface area contributed by atoms with Crippen molar-refractivity contribution < 1.29 is 4.42 Å². The molecule has 0 aliphatic heterocycles. The van der Waals surface area contributed by atoms with Gasteiger partial charge in [-0.15, -0.1) is 0 Å². The molecular formula is C13H19N3O. The van der Waals surface area contributed by atoms with Gasteiger partial charge in [-0.1, -0.05) is 6.92 Å². The van der Waals surface area contributed by atoms with Gasteiger partial charge in [0.2, 0.25) is 0 Å². The van der Waals surface area contributed by atoms with Gasteiger partial charge in [0, 0.05) is 24.5 Å². The Morgan fingerprint density at radius 3 is 3.06 bits per heavy atom. The van der Waals surface area contributed by atoms with Crippen LogP contribution in [0.5, 0.6) is 0 Å². The Morgan fingerprint density at radius 1 is 1.47 bits per heavy atom. The molecule has 2 aromatic rings. The number of furan rings is 1. The minimum absolute atomic E-state index is 0.696. The molecule has 4 heteroatoms. The molecule has 0 atom stereocenters. The summed E-state index contributed by atoms with van der Waals surface area (Å²) >= 11 is 0. The molecule has 0 unspecified atom stereocenters. The Kier molecular flexibility index (Phi) is 3.98.